The van der Waals surface area contributed by atoms with Crippen molar-refractivity contribution in [3.63, 3.8) is 0 Å². The molecule has 0 N–H and O–H groups in total. The van der Waals surface area contributed by atoms with Crippen molar-refractivity contribution >= 4 is 17.6 Å². The Bertz CT molecular complexity index is 1860. The molecule has 1 heterocycles. The summed E-state index contributed by atoms with van der Waals surface area (Å²) in [6, 6.07) is 43.6. The van der Waals surface area contributed by atoms with E-state index in [9.17, 15) is 18.0 Å². The third-order valence-electron chi connectivity index (χ3n) is 8.27. The minimum atomic E-state index is -5.05. The lowest BCUT2D eigenvalue weighted by Gasteiger charge is -2.45. The lowest BCUT2D eigenvalue weighted by molar-refractivity contribution is -0.305. The molecule has 0 bridgehead atoms. The minimum Gasteiger partial charge on any atom is -0.449 e. The SMILES string of the molecule is O=C(O[C@H]1[C@@H](OC(=Nc2ccccc2)C(F)(F)F)O[C@H](COCc2ccccc2)[C@H](OCc2ccccc2)[C@@H]1OCc1ccccc1)c1ccccc1. The molecule has 53 heavy (non-hydrogen) atoms. The molecule has 0 saturated carbocycles. The van der Waals surface area contributed by atoms with Crippen LogP contribution in [0.4, 0.5) is 18.9 Å². The average Bonchev–Trinajstić information content (AvgIpc) is 3.19. The molecule has 1 fully saturated rings. The summed E-state index contributed by atoms with van der Waals surface area (Å²) in [4.78, 5) is 17.4. The number of benzene rings is 5. The van der Waals surface area contributed by atoms with E-state index in [0.717, 1.165) is 16.7 Å². The van der Waals surface area contributed by atoms with Crippen LogP contribution in [0.2, 0.25) is 0 Å². The number of nitrogens with zero attached hydrogens (tertiary/aromatic N) is 1. The van der Waals surface area contributed by atoms with Gasteiger partial charge in [-0.25, -0.2) is 9.79 Å². The van der Waals surface area contributed by atoms with Crippen molar-refractivity contribution in [2.45, 2.75) is 56.7 Å². The van der Waals surface area contributed by atoms with E-state index in [-0.39, 0.29) is 37.7 Å². The van der Waals surface area contributed by atoms with Gasteiger partial charge < -0.3 is 28.4 Å². The summed E-state index contributed by atoms with van der Waals surface area (Å²) < 4.78 is 81.0. The molecule has 1 saturated heterocycles. The second kappa shape index (κ2) is 18.4. The number of rotatable bonds is 14. The van der Waals surface area contributed by atoms with Crippen molar-refractivity contribution in [3.8, 4) is 0 Å². The molecule has 0 spiro atoms. The van der Waals surface area contributed by atoms with Gasteiger partial charge in [-0.3, -0.25) is 0 Å². The third-order valence-corrected chi connectivity index (χ3v) is 8.27. The summed E-state index contributed by atoms with van der Waals surface area (Å²) in [6.07, 6.45) is -11.7. The fourth-order valence-corrected chi connectivity index (χ4v) is 5.68. The smallest absolute Gasteiger partial charge is 0.449 e. The molecule has 5 aromatic rings. The third kappa shape index (κ3) is 10.8. The van der Waals surface area contributed by atoms with Crippen LogP contribution in [0.25, 0.3) is 0 Å². The number of halogens is 3. The van der Waals surface area contributed by atoms with Gasteiger partial charge in [0.05, 0.1) is 37.7 Å². The van der Waals surface area contributed by atoms with Crippen LogP contribution in [-0.2, 0) is 48.2 Å². The maximum atomic E-state index is 14.7. The molecule has 0 aliphatic carbocycles. The van der Waals surface area contributed by atoms with Crippen LogP contribution in [-0.4, -0.2) is 55.4 Å². The summed E-state index contributed by atoms with van der Waals surface area (Å²) >= 11 is 0. The highest BCUT2D eigenvalue weighted by atomic mass is 19.4. The zero-order valence-corrected chi connectivity index (χ0v) is 28.6. The van der Waals surface area contributed by atoms with Crippen molar-refractivity contribution in [1.29, 1.82) is 0 Å². The molecule has 1 aliphatic rings. The lowest BCUT2D eigenvalue weighted by Crippen LogP contribution is -2.62. The van der Waals surface area contributed by atoms with Crippen molar-refractivity contribution in [2.75, 3.05) is 6.61 Å². The predicted octanol–water partition coefficient (Wildman–Crippen LogP) is 8.63. The van der Waals surface area contributed by atoms with E-state index in [0.29, 0.717) is 0 Å². The molecule has 5 atom stereocenters. The first-order chi connectivity index (χ1) is 25.8. The summed E-state index contributed by atoms with van der Waals surface area (Å²) in [7, 11) is 0. The number of para-hydroxylation sites is 1. The molecular weight excluding hydrogens is 687 g/mol. The van der Waals surface area contributed by atoms with Gasteiger partial charge in [-0.05, 0) is 41.0 Å². The number of esters is 1. The molecule has 0 radical (unpaired) electrons. The second-order valence-electron chi connectivity index (χ2n) is 12.2. The Morgan fingerprint density at radius 2 is 1.06 bits per heavy atom. The summed E-state index contributed by atoms with van der Waals surface area (Å²) in [5.74, 6) is -2.42. The van der Waals surface area contributed by atoms with Gasteiger partial charge in [-0.2, -0.15) is 13.2 Å². The van der Waals surface area contributed by atoms with Gasteiger partial charge in [0.2, 0.25) is 6.29 Å². The van der Waals surface area contributed by atoms with E-state index in [1.165, 1.54) is 24.3 Å². The van der Waals surface area contributed by atoms with Crippen LogP contribution in [0.5, 0.6) is 0 Å². The zero-order valence-electron chi connectivity index (χ0n) is 28.6. The number of hydrogen-bond donors (Lipinski definition) is 0. The van der Waals surface area contributed by atoms with Crippen molar-refractivity contribution < 1.29 is 46.4 Å². The molecule has 0 aromatic heterocycles. The van der Waals surface area contributed by atoms with Gasteiger partial charge in [0.15, 0.2) is 6.10 Å². The second-order valence-corrected chi connectivity index (χ2v) is 12.2. The molecule has 1 aliphatic heterocycles. The number of hydrogen-bond acceptors (Lipinski definition) is 8. The lowest BCUT2D eigenvalue weighted by atomic mass is 9.97. The van der Waals surface area contributed by atoms with Gasteiger partial charge in [0.25, 0.3) is 5.90 Å². The fourth-order valence-electron chi connectivity index (χ4n) is 5.68. The molecule has 6 rings (SSSR count). The molecule has 8 nitrogen and oxygen atoms in total. The van der Waals surface area contributed by atoms with E-state index >= 15 is 0 Å². The Labute approximate surface area is 305 Å². The normalized spacial score (nSPS) is 20.4. The molecule has 0 amide bonds. The first-order valence-electron chi connectivity index (χ1n) is 17.1. The highest BCUT2D eigenvalue weighted by Gasteiger charge is 2.53. The van der Waals surface area contributed by atoms with Gasteiger partial charge in [0.1, 0.15) is 18.3 Å². The maximum Gasteiger partial charge on any atom is 0.468 e. The summed E-state index contributed by atoms with van der Waals surface area (Å²) in [5.41, 5.74) is 2.63. The molecule has 11 heteroatoms. The Hall–Kier alpha value is -5.33. The number of alkyl halides is 3. The highest BCUT2D eigenvalue weighted by Crippen LogP contribution is 2.34. The Morgan fingerprint density at radius 3 is 1.58 bits per heavy atom. The average molecular weight is 726 g/mol. The van der Waals surface area contributed by atoms with Gasteiger partial charge in [-0.1, -0.05) is 127 Å². The van der Waals surface area contributed by atoms with Crippen LogP contribution in [0.15, 0.2) is 157 Å². The van der Waals surface area contributed by atoms with E-state index in [1.807, 2.05) is 91.0 Å². The topological polar surface area (TPSA) is 84.8 Å². The Kier molecular flexibility index (Phi) is 13.0. The van der Waals surface area contributed by atoms with Gasteiger partial charge in [-0.15, -0.1) is 0 Å². The van der Waals surface area contributed by atoms with Crippen LogP contribution < -0.4 is 0 Å². The number of carbonyl (C=O) groups excluding carboxylic acids is 1. The van der Waals surface area contributed by atoms with Crippen molar-refractivity contribution in [1.82, 2.24) is 0 Å². The number of ether oxygens (including phenoxy) is 6. The molecule has 5 aromatic carbocycles. The summed E-state index contributed by atoms with van der Waals surface area (Å²) in [6.45, 7) is 0.146. The highest BCUT2D eigenvalue weighted by molar-refractivity contribution is 5.89. The van der Waals surface area contributed by atoms with Crippen molar-refractivity contribution in [3.05, 3.63) is 174 Å². The molecule has 0 unspecified atom stereocenters. The first-order valence-corrected chi connectivity index (χ1v) is 17.1. The quantitative estimate of drug-likeness (QED) is 0.0644. The standard InChI is InChI=1S/C42H38F3NO7/c43-42(44,45)41(46-34-24-14-5-15-25-34)53-40-38(52-39(47)33-22-12-4-13-23-33)37(50-28-32-20-10-3-11-21-32)36(49-27-31-18-8-2-9-19-31)35(51-40)29-48-26-30-16-6-1-7-17-30/h1-25,35-38,40H,26-29H2/t35-,36+,37+,38-,40-/m1/s1. The van der Waals surface area contributed by atoms with Crippen LogP contribution in [0, 0.1) is 0 Å². The first kappa shape index (κ1) is 37.4. The number of carbonyl (C=O) groups is 1. The maximum absolute atomic E-state index is 14.7. The fraction of sp³-hybridized carbons (Fsp3) is 0.238. The van der Waals surface area contributed by atoms with E-state index in [4.69, 9.17) is 28.4 Å². The van der Waals surface area contributed by atoms with E-state index < -0.39 is 48.7 Å². The van der Waals surface area contributed by atoms with Crippen LogP contribution in [0.1, 0.15) is 27.0 Å². The van der Waals surface area contributed by atoms with Crippen molar-refractivity contribution in [2.24, 2.45) is 4.99 Å². The van der Waals surface area contributed by atoms with E-state index in [1.54, 1.807) is 36.4 Å². The van der Waals surface area contributed by atoms with E-state index in [2.05, 4.69) is 4.99 Å². The summed E-state index contributed by atoms with van der Waals surface area (Å²) in [5, 5.41) is 0. The monoisotopic (exact) mass is 725 g/mol. The predicted molar refractivity (Wildman–Crippen MR) is 191 cm³/mol. The van der Waals surface area contributed by atoms with Gasteiger partial charge >= 0.3 is 12.1 Å². The van der Waals surface area contributed by atoms with Crippen LogP contribution >= 0.6 is 0 Å². The molecule has 274 valence electrons. The minimum absolute atomic E-state index is 0.00263. The molecular formula is C42H38F3NO7. The van der Waals surface area contributed by atoms with Gasteiger partial charge in [0, 0.05) is 0 Å². The Morgan fingerprint density at radius 1 is 0.585 bits per heavy atom. The number of aliphatic imine (C=N–C) groups is 1. The Balaban J connectivity index is 1.39. The largest absolute Gasteiger partial charge is 0.468 e. The zero-order chi connectivity index (χ0) is 36.9. The van der Waals surface area contributed by atoms with Crippen LogP contribution in [0.3, 0.4) is 0 Å².